The minimum atomic E-state index is -0.428. The number of carbonyl (C=O) groups is 2. The van der Waals surface area contributed by atoms with Crippen LogP contribution in [0.3, 0.4) is 0 Å². The van der Waals surface area contributed by atoms with Crippen molar-refractivity contribution in [3.8, 4) is 0 Å². The van der Waals surface area contributed by atoms with E-state index in [-0.39, 0.29) is 10.6 Å². The molecule has 0 bridgehead atoms. The van der Waals surface area contributed by atoms with E-state index in [2.05, 4.69) is 20.9 Å². The summed E-state index contributed by atoms with van der Waals surface area (Å²) in [4.78, 5) is 30.0. The van der Waals surface area contributed by atoms with E-state index in [4.69, 9.17) is 18.0 Å². The van der Waals surface area contributed by atoms with Crippen molar-refractivity contribution in [2.45, 2.75) is 0 Å². The molecule has 7 heteroatoms. The Balaban J connectivity index is 2.18. The highest BCUT2D eigenvalue weighted by Crippen LogP contribution is 2.31. The van der Waals surface area contributed by atoms with Crippen molar-refractivity contribution in [3.63, 3.8) is 0 Å². The number of hydrogen-bond donors (Lipinski definition) is 1. The molecular weight excluding hydrogens is 354 g/mol. The highest BCUT2D eigenvalue weighted by atomic mass is 79.9. The summed E-state index contributed by atoms with van der Waals surface area (Å²) in [6, 6.07) is 6.56. The molecule has 2 N–H and O–H groups in total. The van der Waals surface area contributed by atoms with E-state index in [1.807, 2.05) is 0 Å². The molecule has 0 radical (unpaired) electrons. The van der Waals surface area contributed by atoms with E-state index in [1.54, 1.807) is 18.2 Å². The molecule has 5 nitrogen and oxygen atoms in total. The Morgan fingerprint density at radius 3 is 2.57 bits per heavy atom. The largest absolute Gasteiger partial charge is 0.389 e. The van der Waals surface area contributed by atoms with Gasteiger partial charge in [0.1, 0.15) is 4.99 Å². The molecule has 0 unspecified atom stereocenters. The van der Waals surface area contributed by atoms with Crippen LogP contribution in [0.5, 0.6) is 0 Å². The van der Waals surface area contributed by atoms with Gasteiger partial charge in [0.25, 0.3) is 11.8 Å². The Kier molecular flexibility index (Phi) is 3.30. The summed E-state index contributed by atoms with van der Waals surface area (Å²) in [6.45, 7) is 0. The molecule has 0 saturated carbocycles. The fourth-order valence-electron chi connectivity index (χ4n) is 2.20. The number of carbonyl (C=O) groups excluding carboxylic acids is 2. The van der Waals surface area contributed by atoms with Gasteiger partial charge in [-0.05, 0) is 24.3 Å². The van der Waals surface area contributed by atoms with Crippen LogP contribution in [0.2, 0.25) is 0 Å². The highest BCUT2D eigenvalue weighted by molar-refractivity contribution is 9.10. The van der Waals surface area contributed by atoms with E-state index < -0.39 is 11.8 Å². The number of rotatable bonds is 2. The molecule has 2 aromatic rings. The van der Waals surface area contributed by atoms with Crippen molar-refractivity contribution in [2.75, 3.05) is 4.90 Å². The van der Waals surface area contributed by atoms with Gasteiger partial charge >= 0.3 is 0 Å². The number of amides is 2. The van der Waals surface area contributed by atoms with E-state index >= 15 is 0 Å². The Hall–Kier alpha value is -2.12. The number of halogens is 1. The van der Waals surface area contributed by atoms with E-state index in [1.165, 1.54) is 18.5 Å². The number of fused-ring (bicyclic) bond motifs is 1. The first kappa shape index (κ1) is 13.8. The van der Waals surface area contributed by atoms with Crippen LogP contribution in [-0.4, -0.2) is 21.8 Å². The summed E-state index contributed by atoms with van der Waals surface area (Å²) >= 11 is 8.32. The van der Waals surface area contributed by atoms with Crippen LogP contribution in [-0.2, 0) is 0 Å². The summed E-state index contributed by atoms with van der Waals surface area (Å²) in [5, 5.41) is 0. The number of pyridine rings is 1. The Morgan fingerprint density at radius 1 is 1.19 bits per heavy atom. The van der Waals surface area contributed by atoms with Crippen LogP contribution in [0, 0.1) is 0 Å². The number of nitrogens with zero attached hydrogens (tertiary/aromatic N) is 2. The number of imide groups is 1. The number of aromatic nitrogens is 1. The van der Waals surface area contributed by atoms with E-state index in [9.17, 15) is 9.59 Å². The van der Waals surface area contributed by atoms with Crippen molar-refractivity contribution in [1.29, 1.82) is 0 Å². The average molecular weight is 362 g/mol. The number of benzene rings is 1. The number of hydrogen-bond acceptors (Lipinski definition) is 4. The van der Waals surface area contributed by atoms with Crippen LogP contribution in [0.25, 0.3) is 0 Å². The SMILES string of the molecule is NC(=S)c1cc(Br)ccc1N1C(=O)c2ccncc2C1=O. The van der Waals surface area contributed by atoms with Crippen molar-refractivity contribution in [2.24, 2.45) is 5.73 Å². The lowest BCUT2D eigenvalue weighted by molar-refractivity contribution is 0.0926. The maximum atomic E-state index is 12.4. The van der Waals surface area contributed by atoms with Crippen molar-refractivity contribution in [3.05, 3.63) is 57.8 Å². The number of thiocarbonyl (C=S) groups is 1. The van der Waals surface area contributed by atoms with Gasteiger partial charge in [-0.25, -0.2) is 4.90 Å². The van der Waals surface area contributed by atoms with Crippen LogP contribution >= 0.6 is 28.1 Å². The van der Waals surface area contributed by atoms with E-state index in [0.717, 1.165) is 9.37 Å². The molecule has 21 heavy (non-hydrogen) atoms. The number of nitrogens with two attached hydrogens (primary N) is 1. The third kappa shape index (κ3) is 2.14. The fourth-order valence-corrected chi connectivity index (χ4v) is 2.73. The first-order valence-electron chi connectivity index (χ1n) is 5.93. The van der Waals surface area contributed by atoms with Gasteiger partial charge in [0.15, 0.2) is 0 Å². The summed E-state index contributed by atoms with van der Waals surface area (Å²) in [7, 11) is 0. The molecule has 0 saturated heterocycles. The second kappa shape index (κ2) is 5.01. The molecular formula is C14H8BrN3O2S. The highest BCUT2D eigenvalue weighted by Gasteiger charge is 2.37. The quantitative estimate of drug-likeness (QED) is 0.655. The normalized spacial score (nSPS) is 13.5. The van der Waals surface area contributed by atoms with Crippen molar-refractivity contribution >= 4 is 50.6 Å². The Labute approximate surface area is 133 Å². The molecule has 0 fully saturated rings. The van der Waals surface area contributed by atoms with Crippen molar-refractivity contribution < 1.29 is 9.59 Å². The van der Waals surface area contributed by atoms with Crippen LogP contribution in [0.4, 0.5) is 5.69 Å². The van der Waals surface area contributed by atoms with Crippen molar-refractivity contribution in [1.82, 2.24) is 4.98 Å². The standard InChI is InChI=1S/C14H8BrN3O2S/c15-7-1-2-11(9(5-7)12(16)21)18-13(19)8-3-4-17-6-10(8)14(18)20/h1-6H,(H2,16,21). The minimum Gasteiger partial charge on any atom is -0.389 e. The fraction of sp³-hybridized carbons (Fsp3) is 0. The lowest BCUT2D eigenvalue weighted by Gasteiger charge is -2.17. The van der Waals surface area contributed by atoms with Gasteiger partial charge < -0.3 is 5.73 Å². The minimum absolute atomic E-state index is 0.112. The van der Waals surface area contributed by atoms with Gasteiger partial charge in [-0.1, -0.05) is 28.1 Å². The molecule has 1 aliphatic heterocycles. The second-order valence-electron chi connectivity index (χ2n) is 4.39. The molecule has 3 rings (SSSR count). The first-order chi connectivity index (χ1) is 10.0. The topological polar surface area (TPSA) is 76.3 Å². The molecule has 0 aliphatic carbocycles. The van der Waals surface area contributed by atoms with Crippen LogP contribution in [0.1, 0.15) is 26.3 Å². The maximum absolute atomic E-state index is 12.4. The lowest BCUT2D eigenvalue weighted by Crippen LogP contribution is -2.31. The Bertz CT molecular complexity index is 772. The molecule has 1 aromatic carbocycles. The van der Waals surface area contributed by atoms with Crippen LogP contribution in [0.15, 0.2) is 41.1 Å². The number of anilines is 1. The summed E-state index contributed by atoms with van der Waals surface area (Å²) in [6.07, 6.45) is 2.86. The van der Waals surface area contributed by atoms with Gasteiger partial charge in [0.2, 0.25) is 0 Å². The smallest absolute Gasteiger partial charge is 0.267 e. The zero-order valence-corrected chi connectivity index (χ0v) is 12.9. The molecule has 1 aromatic heterocycles. The van der Waals surface area contributed by atoms with Gasteiger partial charge in [0.05, 0.1) is 16.8 Å². The molecule has 2 amide bonds. The summed E-state index contributed by atoms with van der Waals surface area (Å²) in [5.41, 5.74) is 7.13. The predicted molar refractivity (Wildman–Crippen MR) is 85.4 cm³/mol. The van der Waals surface area contributed by atoms with Gasteiger partial charge in [-0.2, -0.15) is 0 Å². The third-order valence-corrected chi connectivity index (χ3v) is 3.87. The Morgan fingerprint density at radius 2 is 1.90 bits per heavy atom. The van der Waals surface area contributed by atoms with Gasteiger partial charge in [-0.15, -0.1) is 0 Å². The van der Waals surface area contributed by atoms with Crippen LogP contribution < -0.4 is 10.6 Å². The zero-order valence-electron chi connectivity index (χ0n) is 10.5. The third-order valence-electron chi connectivity index (χ3n) is 3.15. The predicted octanol–water partition coefficient (Wildman–Crippen LogP) is 2.28. The first-order valence-corrected chi connectivity index (χ1v) is 7.13. The molecule has 1 aliphatic rings. The second-order valence-corrected chi connectivity index (χ2v) is 5.75. The summed E-state index contributed by atoms with van der Waals surface area (Å²) < 4.78 is 0.757. The monoisotopic (exact) mass is 361 g/mol. The average Bonchev–Trinajstić information content (AvgIpc) is 2.72. The van der Waals surface area contributed by atoms with Gasteiger partial charge in [0, 0.05) is 22.4 Å². The zero-order chi connectivity index (χ0) is 15.1. The molecule has 2 heterocycles. The molecule has 104 valence electrons. The van der Waals surface area contributed by atoms with E-state index in [0.29, 0.717) is 16.8 Å². The maximum Gasteiger partial charge on any atom is 0.267 e. The summed E-state index contributed by atoms with van der Waals surface area (Å²) in [5.74, 6) is -0.833. The lowest BCUT2D eigenvalue weighted by atomic mass is 10.1. The molecule has 0 atom stereocenters. The van der Waals surface area contributed by atoms with Gasteiger partial charge in [-0.3, -0.25) is 14.6 Å². The molecule has 0 spiro atoms.